The van der Waals surface area contributed by atoms with Crippen molar-refractivity contribution in [3.8, 4) is 0 Å². The lowest BCUT2D eigenvalue weighted by Crippen LogP contribution is -2.39. The number of aliphatic carboxylic acids is 1. The molecule has 1 N–H and O–H groups in total. The van der Waals surface area contributed by atoms with Crippen LogP contribution in [0.3, 0.4) is 0 Å². The number of carboxylic acid groups (broad SMARTS) is 1. The lowest BCUT2D eigenvalue weighted by atomic mass is 9.56. The second kappa shape index (κ2) is 3.59. The van der Waals surface area contributed by atoms with E-state index in [-0.39, 0.29) is 5.92 Å². The van der Waals surface area contributed by atoms with Crippen molar-refractivity contribution in [3.05, 3.63) is 34.9 Å². The first-order chi connectivity index (χ1) is 8.12. The molecule has 2 aliphatic rings. The van der Waals surface area contributed by atoms with Gasteiger partial charge in [-0.05, 0) is 49.1 Å². The van der Waals surface area contributed by atoms with E-state index in [0.29, 0.717) is 5.41 Å². The summed E-state index contributed by atoms with van der Waals surface area (Å²) in [7, 11) is 0. The number of hydrogen-bond acceptors (Lipinski definition) is 1. The summed E-state index contributed by atoms with van der Waals surface area (Å²) in [4.78, 5) is 11.3. The molecule has 17 heavy (non-hydrogen) atoms. The van der Waals surface area contributed by atoms with Crippen LogP contribution in [0.1, 0.15) is 54.7 Å². The molecule has 0 aliphatic heterocycles. The Kier molecular flexibility index (Phi) is 2.29. The normalized spacial score (nSPS) is 25.1. The van der Waals surface area contributed by atoms with Gasteiger partial charge in [-0.15, -0.1) is 0 Å². The maximum atomic E-state index is 11.3. The van der Waals surface area contributed by atoms with E-state index in [1.165, 1.54) is 30.4 Å². The second-order valence-corrected chi connectivity index (χ2v) is 5.65. The third-order valence-electron chi connectivity index (χ3n) is 4.68. The number of hydrogen-bond donors (Lipinski definition) is 1. The molecule has 90 valence electrons. The largest absolute Gasteiger partial charge is 0.481 e. The van der Waals surface area contributed by atoms with Crippen LogP contribution in [-0.2, 0) is 10.2 Å². The van der Waals surface area contributed by atoms with Crippen LogP contribution in [0.25, 0.3) is 0 Å². The van der Waals surface area contributed by atoms with Crippen molar-refractivity contribution < 1.29 is 9.90 Å². The van der Waals surface area contributed by atoms with Crippen molar-refractivity contribution >= 4 is 5.97 Å². The van der Waals surface area contributed by atoms with Crippen molar-refractivity contribution in [2.75, 3.05) is 0 Å². The molecular formula is C15H18O2. The first-order valence-corrected chi connectivity index (χ1v) is 6.46. The number of carbonyl (C=O) groups is 1. The van der Waals surface area contributed by atoms with Gasteiger partial charge < -0.3 is 5.11 Å². The van der Waals surface area contributed by atoms with E-state index >= 15 is 0 Å². The Morgan fingerprint density at radius 2 is 2.12 bits per heavy atom. The minimum absolute atomic E-state index is 0.281. The molecule has 1 fully saturated rings. The van der Waals surface area contributed by atoms with E-state index in [4.69, 9.17) is 0 Å². The van der Waals surface area contributed by atoms with Gasteiger partial charge in [-0.3, -0.25) is 4.79 Å². The number of rotatable bonds is 1. The average molecular weight is 230 g/mol. The molecule has 0 aromatic heterocycles. The summed E-state index contributed by atoms with van der Waals surface area (Å²) in [5, 5.41) is 9.32. The molecule has 1 aromatic carbocycles. The summed E-state index contributed by atoms with van der Waals surface area (Å²) in [6.45, 7) is 2.09. The highest BCUT2D eigenvalue weighted by Crippen LogP contribution is 2.54. The summed E-state index contributed by atoms with van der Waals surface area (Å²) in [5.41, 5.74) is 3.99. The molecule has 1 aromatic rings. The highest BCUT2D eigenvalue weighted by Gasteiger charge is 2.45. The van der Waals surface area contributed by atoms with Gasteiger partial charge in [-0.25, -0.2) is 0 Å². The molecule has 2 heteroatoms. The quantitative estimate of drug-likeness (QED) is 0.803. The maximum absolute atomic E-state index is 11.3. The number of benzene rings is 1. The topological polar surface area (TPSA) is 37.3 Å². The molecule has 0 amide bonds. The number of fused-ring (bicyclic) bond motifs is 2. The van der Waals surface area contributed by atoms with Gasteiger partial charge in [0.05, 0.1) is 5.92 Å². The van der Waals surface area contributed by atoms with Gasteiger partial charge in [0, 0.05) is 0 Å². The summed E-state index contributed by atoms with van der Waals surface area (Å²) in [5.74, 6) is -0.943. The van der Waals surface area contributed by atoms with Gasteiger partial charge in [0.1, 0.15) is 0 Å². The summed E-state index contributed by atoms with van der Waals surface area (Å²) in [6, 6.07) is 6.32. The van der Waals surface area contributed by atoms with Crippen LogP contribution in [0.15, 0.2) is 18.2 Å². The van der Waals surface area contributed by atoms with Crippen LogP contribution in [0, 0.1) is 6.92 Å². The molecule has 1 saturated carbocycles. The van der Waals surface area contributed by atoms with Crippen LogP contribution in [0.5, 0.6) is 0 Å². The fourth-order valence-electron chi connectivity index (χ4n) is 3.52. The van der Waals surface area contributed by atoms with Crippen LogP contribution >= 0.6 is 0 Å². The molecule has 0 heterocycles. The average Bonchev–Trinajstić information content (AvgIpc) is 2.24. The summed E-state index contributed by atoms with van der Waals surface area (Å²) >= 11 is 0. The zero-order valence-corrected chi connectivity index (χ0v) is 10.2. The predicted octanol–water partition coefficient (Wildman–Crippen LogP) is 3.38. The Morgan fingerprint density at radius 1 is 1.35 bits per heavy atom. The van der Waals surface area contributed by atoms with Gasteiger partial charge in [-0.2, -0.15) is 0 Å². The van der Waals surface area contributed by atoms with E-state index in [2.05, 4.69) is 13.0 Å². The van der Waals surface area contributed by atoms with Crippen LogP contribution in [0.2, 0.25) is 0 Å². The smallest absolute Gasteiger partial charge is 0.310 e. The van der Waals surface area contributed by atoms with E-state index in [1.807, 2.05) is 12.1 Å². The Bertz CT molecular complexity index is 472. The van der Waals surface area contributed by atoms with Gasteiger partial charge in [0.25, 0.3) is 0 Å². The fraction of sp³-hybridized carbons (Fsp3) is 0.533. The van der Waals surface area contributed by atoms with Crippen molar-refractivity contribution in [2.45, 2.75) is 50.4 Å². The molecular weight excluding hydrogens is 212 g/mol. The van der Waals surface area contributed by atoms with Crippen LogP contribution in [0.4, 0.5) is 0 Å². The third kappa shape index (κ3) is 1.50. The van der Waals surface area contributed by atoms with Gasteiger partial charge in [0.2, 0.25) is 0 Å². The van der Waals surface area contributed by atoms with E-state index in [9.17, 15) is 9.90 Å². The molecule has 1 unspecified atom stereocenters. The van der Waals surface area contributed by atoms with Gasteiger partial charge >= 0.3 is 5.97 Å². The Labute approximate surface area is 102 Å². The van der Waals surface area contributed by atoms with E-state index in [1.54, 1.807) is 0 Å². The molecule has 2 aliphatic carbocycles. The lowest BCUT2D eigenvalue weighted by molar-refractivity contribution is -0.139. The van der Waals surface area contributed by atoms with Crippen LogP contribution < -0.4 is 0 Å². The first-order valence-electron chi connectivity index (χ1n) is 6.46. The number of aryl methyl sites for hydroxylation is 1. The highest BCUT2D eigenvalue weighted by molar-refractivity contribution is 5.77. The predicted molar refractivity (Wildman–Crippen MR) is 66.3 cm³/mol. The highest BCUT2D eigenvalue weighted by atomic mass is 16.4. The molecule has 1 spiro atoms. The SMILES string of the molecule is Cc1ccc2c(c1)C1(CCC1)CCC2C(=O)O. The van der Waals surface area contributed by atoms with E-state index < -0.39 is 5.97 Å². The molecule has 0 saturated heterocycles. The van der Waals surface area contributed by atoms with Gasteiger partial charge in [-0.1, -0.05) is 30.2 Å². The van der Waals surface area contributed by atoms with Crippen molar-refractivity contribution in [1.82, 2.24) is 0 Å². The zero-order valence-electron chi connectivity index (χ0n) is 10.2. The minimum Gasteiger partial charge on any atom is -0.481 e. The Morgan fingerprint density at radius 3 is 2.71 bits per heavy atom. The first kappa shape index (κ1) is 10.8. The molecule has 1 atom stereocenters. The standard InChI is InChI=1S/C15H18O2/c1-10-3-4-11-12(14(16)17)5-8-15(6-2-7-15)13(11)9-10/h3-4,9,12H,2,5-8H2,1H3,(H,16,17). The van der Waals surface area contributed by atoms with Gasteiger partial charge in [0.15, 0.2) is 0 Å². The van der Waals surface area contributed by atoms with Crippen LogP contribution in [-0.4, -0.2) is 11.1 Å². The Balaban J connectivity index is 2.13. The van der Waals surface area contributed by atoms with Crippen molar-refractivity contribution in [1.29, 1.82) is 0 Å². The van der Waals surface area contributed by atoms with Crippen molar-refractivity contribution in [2.24, 2.45) is 0 Å². The summed E-state index contributed by atoms with van der Waals surface area (Å²) in [6.07, 6.45) is 5.66. The number of carboxylic acids is 1. The van der Waals surface area contributed by atoms with Crippen molar-refractivity contribution in [3.63, 3.8) is 0 Å². The Hall–Kier alpha value is -1.31. The molecule has 0 bridgehead atoms. The lowest BCUT2D eigenvalue weighted by Gasteiger charge is -2.48. The minimum atomic E-state index is -0.663. The summed E-state index contributed by atoms with van der Waals surface area (Å²) < 4.78 is 0. The monoisotopic (exact) mass is 230 g/mol. The second-order valence-electron chi connectivity index (χ2n) is 5.65. The molecule has 2 nitrogen and oxygen atoms in total. The zero-order chi connectivity index (χ0) is 12.0. The van der Waals surface area contributed by atoms with E-state index in [0.717, 1.165) is 18.4 Å². The fourth-order valence-corrected chi connectivity index (χ4v) is 3.52. The third-order valence-corrected chi connectivity index (χ3v) is 4.68. The molecule has 0 radical (unpaired) electrons. The molecule has 3 rings (SSSR count). The maximum Gasteiger partial charge on any atom is 0.310 e.